The summed E-state index contributed by atoms with van der Waals surface area (Å²) < 4.78 is 0. The van der Waals surface area contributed by atoms with Crippen LogP contribution in [0.25, 0.3) is 0 Å². The second-order valence-corrected chi connectivity index (χ2v) is 7.59. The van der Waals surface area contributed by atoms with E-state index in [-0.39, 0.29) is 18.1 Å². The summed E-state index contributed by atoms with van der Waals surface area (Å²) in [6.07, 6.45) is 7.25. The largest absolute Gasteiger partial charge is 0.503 e. The molecular weight excluding hydrogens is 326 g/mol. The van der Waals surface area contributed by atoms with E-state index < -0.39 is 5.91 Å². The van der Waals surface area contributed by atoms with Gasteiger partial charge in [0.25, 0.3) is 5.91 Å². The Morgan fingerprint density at radius 2 is 1.85 bits per heavy atom. The quantitative estimate of drug-likeness (QED) is 0.790. The summed E-state index contributed by atoms with van der Waals surface area (Å²) in [7, 11) is 0. The van der Waals surface area contributed by atoms with Crippen molar-refractivity contribution in [3.05, 3.63) is 47.2 Å². The molecule has 4 nitrogen and oxygen atoms in total. The first kappa shape index (κ1) is 18.7. The molecule has 0 aromatic heterocycles. The van der Waals surface area contributed by atoms with Gasteiger partial charge in [0.05, 0.1) is 12.1 Å². The third-order valence-electron chi connectivity index (χ3n) is 5.98. The van der Waals surface area contributed by atoms with Crippen molar-refractivity contribution in [2.75, 3.05) is 13.1 Å². The summed E-state index contributed by atoms with van der Waals surface area (Å²) >= 11 is 0. The number of aliphatic hydroxyl groups is 1. The fourth-order valence-corrected chi connectivity index (χ4v) is 4.30. The number of benzene rings is 1. The van der Waals surface area contributed by atoms with Crippen LogP contribution in [0.4, 0.5) is 0 Å². The highest BCUT2D eigenvalue weighted by Gasteiger charge is 2.32. The van der Waals surface area contributed by atoms with Gasteiger partial charge in [-0.25, -0.2) is 0 Å². The van der Waals surface area contributed by atoms with E-state index in [1.807, 2.05) is 6.92 Å². The molecule has 1 N–H and O–H groups in total. The van der Waals surface area contributed by atoms with Gasteiger partial charge in [-0.1, -0.05) is 36.8 Å². The van der Waals surface area contributed by atoms with Crippen LogP contribution in [-0.2, 0) is 9.59 Å². The Balaban J connectivity index is 1.41. The van der Waals surface area contributed by atoms with Gasteiger partial charge in [0.2, 0.25) is 0 Å². The van der Waals surface area contributed by atoms with Gasteiger partial charge in [-0.2, -0.15) is 0 Å². The van der Waals surface area contributed by atoms with Crippen LogP contribution in [0, 0.1) is 5.92 Å². The molecule has 2 aliphatic rings. The molecule has 1 heterocycles. The van der Waals surface area contributed by atoms with Crippen LogP contribution < -0.4 is 0 Å². The van der Waals surface area contributed by atoms with Crippen molar-refractivity contribution in [2.45, 2.75) is 57.8 Å². The standard InChI is InChI=1S/C22H29NO3/c1-2-23-15-19(21(25)22(23)26)20(24)10-6-7-16-11-13-18(14-12-16)17-8-4-3-5-9-17/h3-5,8-9,16,18,25H,2,6-7,10-15H2,1H3. The number of carbonyl (C=O) groups excluding carboxylic acids is 2. The first-order valence-corrected chi connectivity index (χ1v) is 9.89. The van der Waals surface area contributed by atoms with Crippen molar-refractivity contribution in [3.8, 4) is 0 Å². The lowest BCUT2D eigenvalue weighted by Crippen LogP contribution is -2.27. The van der Waals surface area contributed by atoms with Crippen LogP contribution in [-0.4, -0.2) is 34.8 Å². The monoisotopic (exact) mass is 355 g/mol. The Morgan fingerprint density at radius 1 is 1.15 bits per heavy atom. The SMILES string of the molecule is CCN1CC(C(=O)CCCC2CCC(c3ccccc3)CC2)=C(O)C1=O. The molecule has 1 fully saturated rings. The molecule has 0 bridgehead atoms. The molecule has 0 spiro atoms. The van der Waals surface area contributed by atoms with Gasteiger partial charge in [-0.3, -0.25) is 9.59 Å². The second kappa shape index (κ2) is 8.52. The molecule has 1 aliphatic heterocycles. The number of hydrogen-bond acceptors (Lipinski definition) is 3. The van der Waals surface area contributed by atoms with Gasteiger partial charge >= 0.3 is 0 Å². The fraction of sp³-hybridized carbons (Fsp3) is 0.545. The Labute approximate surface area is 155 Å². The lowest BCUT2D eigenvalue weighted by atomic mass is 9.77. The predicted molar refractivity (Wildman–Crippen MR) is 102 cm³/mol. The van der Waals surface area contributed by atoms with Crippen LogP contribution in [0.3, 0.4) is 0 Å². The van der Waals surface area contributed by atoms with Crippen molar-refractivity contribution in [1.29, 1.82) is 0 Å². The lowest BCUT2D eigenvalue weighted by molar-refractivity contribution is -0.127. The predicted octanol–water partition coefficient (Wildman–Crippen LogP) is 4.37. The molecule has 4 heteroatoms. The molecular formula is C22H29NO3. The van der Waals surface area contributed by atoms with E-state index in [1.165, 1.54) is 36.1 Å². The number of hydrogen-bond donors (Lipinski definition) is 1. The number of likely N-dealkylation sites (N-methyl/N-ethyl adjacent to an activating group) is 1. The van der Waals surface area contributed by atoms with Crippen molar-refractivity contribution < 1.29 is 14.7 Å². The molecule has 1 aliphatic carbocycles. The number of aliphatic hydroxyl groups excluding tert-OH is 1. The average molecular weight is 355 g/mol. The van der Waals surface area contributed by atoms with Crippen LogP contribution >= 0.6 is 0 Å². The maximum Gasteiger partial charge on any atom is 0.289 e. The molecule has 140 valence electrons. The third-order valence-corrected chi connectivity index (χ3v) is 5.98. The van der Waals surface area contributed by atoms with E-state index in [2.05, 4.69) is 30.3 Å². The zero-order chi connectivity index (χ0) is 18.5. The highest BCUT2D eigenvalue weighted by atomic mass is 16.3. The van der Waals surface area contributed by atoms with Crippen LogP contribution in [0.1, 0.15) is 63.4 Å². The van der Waals surface area contributed by atoms with E-state index >= 15 is 0 Å². The van der Waals surface area contributed by atoms with Gasteiger partial charge in [-0.15, -0.1) is 0 Å². The molecule has 1 aromatic carbocycles. The summed E-state index contributed by atoms with van der Waals surface area (Å²) in [5.74, 6) is 0.573. The van der Waals surface area contributed by atoms with Crippen molar-refractivity contribution in [2.24, 2.45) is 5.92 Å². The minimum Gasteiger partial charge on any atom is -0.503 e. The minimum atomic E-state index is -0.407. The molecule has 0 unspecified atom stereocenters. The highest BCUT2D eigenvalue weighted by molar-refractivity contribution is 6.07. The topological polar surface area (TPSA) is 57.6 Å². The van der Waals surface area contributed by atoms with Crippen molar-refractivity contribution >= 4 is 11.7 Å². The number of Topliss-reactive ketones (excluding diaryl/α,β-unsaturated/α-hetero) is 1. The highest BCUT2D eigenvalue weighted by Crippen LogP contribution is 2.37. The zero-order valence-corrected chi connectivity index (χ0v) is 15.6. The Kier molecular flexibility index (Phi) is 6.12. The first-order chi connectivity index (χ1) is 12.6. The summed E-state index contributed by atoms with van der Waals surface area (Å²) in [4.78, 5) is 25.6. The number of carbonyl (C=O) groups is 2. The minimum absolute atomic E-state index is 0.0650. The van der Waals surface area contributed by atoms with Gasteiger partial charge < -0.3 is 10.0 Å². The van der Waals surface area contributed by atoms with E-state index in [1.54, 1.807) is 0 Å². The van der Waals surface area contributed by atoms with Crippen LogP contribution in [0.5, 0.6) is 0 Å². The van der Waals surface area contributed by atoms with Crippen molar-refractivity contribution in [1.82, 2.24) is 4.90 Å². The Morgan fingerprint density at radius 3 is 2.46 bits per heavy atom. The molecule has 26 heavy (non-hydrogen) atoms. The van der Waals surface area contributed by atoms with Crippen LogP contribution in [0.15, 0.2) is 41.7 Å². The average Bonchev–Trinajstić information content (AvgIpc) is 2.97. The lowest BCUT2D eigenvalue weighted by Gasteiger charge is -2.28. The van der Waals surface area contributed by atoms with Gasteiger partial charge in [0.15, 0.2) is 11.5 Å². The molecule has 0 radical (unpaired) electrons. The number of ketones is 1. The summed E-state index contributed by atoms with van der Waals surface area (Å²) in [6.45, 7) is 2.64. The summed E-state index contributed by atoms with van der Waals surface area (Å²) in [5, 5.41) is 9.88. The third kappa shape index (κ3) is 4.17. The van der Waals surface area contributed by atoms with Gasteiger partial charge in [0.1, 0.15) is 0 Å². The van der Waals surface area contributed by atoms with Gasteiger partial charge in [-0.05, 0) is 56.4 Å². The normalized spacial score (nSPS) is 23.6. The summed E-state index contributed by atoms with van der Waals surface area (Å²) in [5.41, 5.74) is 1.76. The van der Waals surface area contributed by atoms with E-state index in [0.29, 0.717) is 30.4 Å². The first-order valence-electron chi connectivity index (χ1n) is 9.89. The second-order valence-electron chi connectivity index (χ2n) is 7.59. The fourth-order valence-electron chi connectivity index (χ4n) is 4.30. The van der Waals surface area contributed by atoms with Crippen molar-refractivity contribution in [3.63, 3.8) is 0 Å². The maximum absolute atomic E-state index is 12.3. The molecule has 0 saturated heterocycles. The smallest absolute Gasteiger partial charge is 0.289 e. The zero-order valence-electron chi connectivity index (χ0n) is 15.6. The van der Waals surface area contributed by atoms with E-state index in [4.69, 9.17) is 0 Å². The number of amides is 1. The van der Waals surface area contributed by atoms with E-state index in [0.717, 1.165) is 12.8 Å². The molecule has 1 saturated carbocycles. The Bertz CT molecular complexity index is 672. The maximum atomic E-state index is 12.3. The Hall–Kier alpha value is -2.10. The number of rotatable bonds is 7. The molecule has 0 atom stereocenters. The van der Waals surface area contributed by atoms with Gasteiger partial charge in [0, 0.05) is 13.0 Å². The molecule has 1 amide bonds. The summed E-state index contributed by atoms with van der Waals surface area (Å²) in [6, 6.07) is 10.8. The van der Waals surface area contributed by atoms with E-state index in [9.17, 15) is 14.7 Å². The van der Waals surface area contributed by atoms with Crippen LogP contribution in [0.2, 0.25) is 0 Å². The number of nitrogens with zero attached hydrogens (tertiary/aromatic N) is 1. The molecule has 3 rings (SSSR count). The molecule has 1 aromatic rings.